The largest absolute Gasteiger partial charge is 0.311 e. The van der Waals surface area contributed by atoms with Gasteiger partial charge in [0.05, 0.1) is 0 Å². The van der Waals surface area contributed by atoms with Gasteiger partial charge in [0.15, 0.2) is 0 Å². The summed E-state index contributed by atoms with van der Waals surface area (Å²) >= 11 is 0. The van der Waals surface area contributed by atoms with Crippen molar-refractivity contribution < 1.29 is 0 Å². The first-order valence-electron chi connectivity index (χ1n) is 34.0. The minimum absolute atomic E-state index is 0.179. The molecule has 0 fully saturated rings. The van der Waals surface area contributed by atoms with E-state index in [4.69, 9.17) is 0 Å². The first kappa shape index (κ1) is 57.1. The van der Waals surface area contributed by atoms with Crippen LogP contribution in [0.15, 0.2) is 345 Å². The predicted octanol–water partition coefficient (Wildman–Crippen LogP) is 24.9. The van der Waals surface area contributed by atoms with Gasteiger partial charge in [0.2, 0.25) is 0 Å². The van der Waals surface area contributed by atoms with Crippen molar-refractivity contribution in [3.8, 4) is 55.6 Å². The second kappa shape index (κ2) is 24.3. The van der Waals surface area contributed by atoms with Crippen molar-refractivity contribution >= 4 is 45.3 Å². The molecule has 0 radical (unpaired) electrons. The molecule has 6 aliphatic rings. The second-order valence-corrected chi connectivity index (χ2v) is 26.5. The molecule has 11 aromatic carbocycles. The van der Waals surface area contributed by atoms with Gasteiger partial charge in [-0.3, -0.25) is 0 Å². The van der Waals surface area contributed by atoms with E-state index in [1.165, 1.54) is 113 Å². The van der Waals surface area contributed by atoms with Crippen LogP contribution in [0.3, 0.4) is 0 Å². The number of hydrogen-bond acceptors (Lipinski definition) is 2. The number of anilines is 6. The highest BCUT2D eigenvalue weighted by molar-refractivity contribution is 5.93. The molecule has 0 heterocycles. The molecule has 0 aliphatic heterocycles. The Morgan fingerprint density at radius 3 is 1.56 bits per heavy atom. The van der Waals surface area contributed by atoms with Gasteiger partial charge >= 0.3 is 0 Å². The van der Waals surface area contributed by atoms with E-state index < -0.39 is 0 Å². The van der Waals surface area contributed by atoms with Gasteiger partial charge in [0, 0.05) is 57.3 Å². The molecule has 5 atom stereocenters. The summed E-state index contributed by atoms with van der Waals surface area (Å²) < 4.78 is 0. The lowest BCUT2D eigenvalue weighted by Gasteiger charge is -2.39. The average molecular weight is 1210 g/mol. The minimum Gasteiger partial charge on any atom is -0.311 e. The lowest BCUT2D eigenvalue weighted by atomic mass is 9.63. The molecule has 0 aromatic heterocycles. The zero-order chi connectivity index (χ0) is 62.5. The number of rotatable bonds is 13. The maximum atomic E-state index is 2.63. The normalized spacial score (nSPS) is 19.7. The van der Waals surface area contributed by atoms with Crippen LogP contribution in [-0.2, 0) is 5.41 Å². The number of hydrogen-bond donors (Lipinski definition) is 0. The zero-order valence-electron chi connectivity index (χ0n) is 53.2. The Morgan fingerprint density at radius 2 is 0.862 bits per heavy atom. The van der Waals surface area contributed by atoms with E-state index in [0.29, 0.717) is 5.92 Å². The van der Waals surface area contributed by atoms with Crippen molar-refractivity contribution in [1.82, 2.24) is 0 Å². The molecule has 2 nitrogen and oxygen atoms in total. The Hall–Kier alpha value is -10.8. The molecule has 0 amide bonds. The van der Waals surface area contributed by atoms with Crippen LogP contribution in [0.2, 0.25) is 0 Å². The van der Waals surface area contributed by atoms with E-state index in [9.17, 15) is 0 Å². The number of allylic oxidation sites excluding steroid dienone is 14. The molecule has 0 saturated carbocycles. The van der Waals surface area contributed by atoms with Crippen LogP contribution >= 0.6 is 0 Å². The molecule has 2 heteroatoms. The molecular weight excluding hydrogens is 1130 g/mol. The van der Waals surface area contributed by atoms with E-state index >= 15 is 0 Å². The number of benzene rings is 11. The monoisotopic (exact) mass is 1210 g/mol. The smallest absolute Gasteiger partial charge is 0.0498 e. The molecule has 0 bridgehead atoms. The van der Waals surface area contributed by atoms with Crippen LogP contribution in [0.1, 0.15) is 79.2 Å². The Balaban J connectivity index is 0.747. The van der Waals surface area contributed by atoms with E-state index in [-0.39, 0.29) is 23.2 Å². The van der Waals surface area contributed by atoms with Gasteiger partial charge in [-0.15, -0.1) is 0 Å². The van der Waals surface area contributed by atoms with E-state index in [2.05, 4.69) is 350 Å². The highest BCUT2D eigenvalue weighted by Gasteiger charge is 2.58. The third-order valence-corrected chi connectivity index (χ3v) is 21.1. The summed E-state index contributed by atoms with van der Waals surface area (Å²) in [5, 5.41) is 0. The molecule has 94 heavy (non-hydrogen) atoms. The fourth-order valence-corrected chi connectivity index (χ4v) is 16.7. The topological polar surface area (TPSA) is 6.48 Å². The summed E-state index contributed by atoms with van der Waals surface area (Å²) in [7, 11) is 0. The number of nitrogens with zero attached hydrogens (tertiary/aromatic N) is 2. The summed E-state index contributed by atoms with van der Waals surface area (Å²) in [4.78, 5) is 4.90. The van der Waals surface area contributed by atoms with Gasteiger partial charge in [0.1, 0.15) is 0 Å². The van der Waals surface area contributed by atoms with E-state index in [1.807, 2.05) is 0 Å². The Morgan fingerprint density at radius 1 is 0.351 bits per heavy atom. The molecule has 452 valence electrons. The molecule has 11 aromatic rings. The average Bonchev–Trinajstić information content (AvgIpc) is 1.51. The molecule has 6 aliphatic carbocycles. The molecule has 5 unspecified atom stereocenters. The van der Waals surface area contributed by atoms with Crippen molar-refractivity contribution in [3.05, 3.63) is 373 Å². The van der Waals surface area contributed by atoms with Crippen molar-refractivity contribution in [2.24, 2.45) is 17.8 Å². The highest BCUT2D eigenvalue weighted by atomic mass is 15.1. The summed E-state index contributed by atoms with van der Waals surface area (Å²) in [5.74, 6) is 1.05. The first-order chi connectivity index (χ1) is 46.5. The van der Waals surface area contributed by atoms with Crippen LogP contribution < -0.4 is 9.80 Å². The van der Waals surface area contributed by atoms with Crippen LogP contribution in [-0.4, -0.2) is 0 Å². The van der Waals surface area contributed by atoms with Crippen molar-refractivity contribution in [2.75, 3.05) is 9.80 Å². The minimum atomic E-state index is -0.338. The molecule has 0 N–H and O–H groups in total. The van der Waals surface area contributed by atoms with E-state index in [0.717, 1.165) is 54.1 Å². The molecule has 17 rings (SSSR count). The summed E-state index contributed by atoms with van der Waals surface area (Å²) in [6, 6.07) is 102. The first-order valence-corrected chi connectivity index (χ1v) is 34.0. The zero-order valence-corrected chi connectivity index (χ0v) is 53.2. The van der Waals surface area contributed by atoms with Crippen LogP contribution in [0.5, 0.6) is 0 Å². The van der Waals surface area contributed by atoms with Gasteiger partial charge in [-0.05, 0) is 236 Å². The van der Waals surface area contributed by atoms with Crippen molar-refractivity contribution in [2.45, 2.75) is 56.8 Å². The lowest BCUT2D eigenvalue weighted by molar-refractivity contribution is 0.424. The van der Waals surface area contributed by atoms with Gasteiger partial charge in [-0.1, -0.05) is 255 Å². The highest BCUT2D eigenvalue weighted by Crippen LogP contribution is 2.67. The number of para-hydroxylation sites is 1. The van der Waals surface area contributed by atoms with Gasteiger partial charge in [-0.2, -0.15) is 0 Å². The Labute approximate surface area is 554 Å². The molecule has 1 spiro atoms. The van der Waals surface area contributed by atoms with Crippen LogP contribution in [0, 0.1) is 17.8 Å². The van der Waals surface area contributed by atoms with Gasteiger partial charge in [0.25, 0.3) is 0 Å². The van der Waals surface area contributed by atoms with Crippen molar-refractivity contribution in [1.29, 1.82) is 0 Å². The fraction of sp³-hybridized carbons (Fsp3) is 0.130. The standard InChI is InChI=1S/C92H74N2/c1-63-55-71(69-43-49-79(50-44-69)93(77-33-15-6-16-34-77)78-47-41-68(42-48-78)64-23-7-2-8-24-64)45-52-83(63)73-32-22-36-81(60-73)94(80-35-21-31-70(59-80)65-25-9-3-10-26-65)82-51-54-87-86-53-46-72(76-57-74(66-27-11-4-12-28-66)56-75(58-76)67-29-13-5-14-30-67)61-90(86)92(91(87)62-82)88-39-19-17-37-84(88)85-38-18-20-40-89(85)92/h2-4,6-13,15-17,19,21-37,39,41-63,83-84,88H,5,14,18,20,38,40H2,1H3. The summed E-state index contributed by atoms with van der Waals surface area (Å²) in [6.07, 6.45) is 31.1. The number of fused-ring (bicyclic) bond motifs is 9. The maximum Gasteiger partial charge on any atom is 0.0498 e. The Bertz CT molecular complexity index is 4910. The van der Waals surface area contributed by atoms with E-state index in [1.54, 1.807) is 11.1 Å². The summed E-state index contributed by atoms with van der Waals surface area (Å²) in [5.41, 5.74) is 31.6. The third-order valence-electron chi connectivity index (χ3n) is 21.1. The predicted molar refractivity (Wildman–Crippen MR) is 396 cm³/mol. The van der Waals surface area contributed by atoms with Crippen molar-refractivity contribution in [3.63, 3.8) is 0 Å². The molecule has 0 saturated heterocycles. The Kier molecular flexibility index (Phi) is 14.8. The second-order valence-electron chi connectivity index (χ2n) is 26.5. The SMILES string of the molecule is CC1C=C(c2ccc(N(c3ccccc3)c3ccc(-c4ccccc4)cc3)cc2)C=CC1c1cccc(N(c2cccc(-c3ccccc3)c2)c2ccc3c(c2)C2(C4=C(CCCC4)C4C=CC=CC42)c2cc(-c4cc(C5=CCCC=C5)cc(-c5ccccc5)c4)ccc2-3)c1. The quantitative estimate of drug-likeness (QED) is 0.106. The van der Waals surface area contributed by atoms with Gasteiger partial charge < -0.3 is 9.80 Å². The molecular formula is C92H74N2. The van der Waals surface area contributed by atoms with Crippen LogP contribution in [0.25, 0.3) is 66.8 Å². The van der Waals surface area contributed by atoms with Gasteiger partial charge in [-0.25, -0.2) is 0 Å². The maximum absolute atomic E-state index is 2.63. The van der Waals surface area contributed by atoms with Crippen LogP contribution in [0.4, 0.5) is 34.1 Å². The summed E-state index contributed by atoms with van der Waals surface area (Å²) in [6.45, 7) is 2.39. The fourth-order valence-electron chi connectivity index (χ4n) is 16.7. The lowest BCUT2D eigenvalue weighted by Crippen LogP contribution is -2.35. The third kappa shape index (κ3) is 10.2.